The summed E-state index contributed by atoms with van der Waals surface area (Å²) in [6.45, 7) is 7.60. The average Bonchev–Trinajstić information content (AvgIpc) is 2.75. The molecule has 8 heteroatoms. The topological polar surface area (TPSA) is 78.4 Å². The maximum Gasteiger partial charge on any atom is 0.239 e. The Bertz CT molecular complexity index is 456. The SMILES string of the molecule is CCCNC(=O)CNC(=NC)NCc1nc(C)c(C)s1.I. The van der Waals surface area contributed by atoms with Crippen LogP contribution in [0.1, 0.15) is 28.9 Å². The van der Waals surface area contributed by atoms with Crippen molar-refractivity contribution in [2.45, 2.75) is 33.7 Å². The lowest BCUT2D eigenvalue weighted by Crippen LogP contribution is -2.43. The van der Waals surface area contributed by atoms with Gasteiger partial charge in [0.05, 0.1) is 18.8 Å². The highest BCUT2D eigenvalue weighted by molar-refractivity contribution is 14.0. The second-order valence-corrected chi connectivity index (χ2v) is 5.67. The number of nitrogens with one attached hydrogen (secondary N) is 3. The lowest BCUT2D eigenvalue weighted by Gasteiger charge is -2.10. The van der Waals surface area contributed by atoms with Gasteiger partial charge in [0, 0.05) is 18.5 Å². The fraction of sp³-hybridized carbons (Fsp3) is 0.615. The average molecular weight is 425 g/mol. The van der Waals surface area contributed by atoms with Crippen molar-refractivity contribution >= 4 is 47.2 Å². The van der Waals surface area contributed by atoms with Crippen LogP contribution < -0.4 is 16.0 Å². The molecule has 0 saturated carbocycles. The van der Waals surface area contributed by atoms with Crippen molar-refractivity contribution in [3.63, 3.8) is 0 Å². The maximum atomic E-state index is 11.5. The number of aromatic nitrogens is 1. The third-order valence-electron chi connectivity index (χ3n) is 2.69. The monoisotopic (exact) mass is 425 g/mol. The molecule has 0 aromatic carbocycles. The van der Waals surface area contributed by atoms with E-state index in [0.29, 0.717) is 19.0 Å². The van der Waals surface area contributed by atoms with Crippen LogP contribution in [0.4, 0.5) is 0 Å². The highest BCUT2D eigenvalue weighted by atomic mass is 127. The quantitative estimate of drug-likeness (QED) is 0.367. The van der Waals surface area contributed by atoms with Gasteiger partial charge in [-0.15, -0.1) is 35.3 Å². The number of nitrogens with zero attached hydrogens (tertiary/aromatic N) is 2. The van der Waals surface area contributed by atoms with E-state index in [-0.39, 0.29) is 36.4 Å². The Hall–Kier alpha value is -0.900. The third kappa shape index (κ3) is 7.60. The Balaban J connectivity index is 0.00000400. The fourth-order valence-corrected chi connectivity index (χ4v) is 2.36. The standard InChI is InChI=1S/C13H23N5OS.HI/c1-5-6-15-11(19)7-16-13(14-4)17-8-12-18-9(2)10(3)20-12;/h5-8H2,1-4H3,(H,15,19)(H2,14,16,17);1H. The van der Waals surface area contributed by atoms with Gasteiger partial charge in [-0.1, -0.05) is 6.92 Å². The number of halogens is 1. The normalized spacial score (nSPS) is 10.8. The molecule has 120 valence electrons. The molecule has 0 saturated heterocycles. The molecular weight excluding hydrogens is 401 g/mol. The number of thiazole rings is 1. The Morgan fingerprint density at radius 2 is 2.00 bits per heavy atom. The molecule has 21 heavy (non-hydrogen) atoms. The summed E-state index contributed by atoms with van der Waals surface area (Å²) in [7, 11) is 1.68. The van der Waals surface area contributed by atoms with E-state index >= 15 is 0 Å². The molecule has 0 unspecified atom stereocenters. The predicted molar refractivity (Wildman–Crippen MR) is 98.5 cm³/mol. The highest BCUT2D eigenvalue weighted by Gasteiger charge is 2.06. The van der Waals surface area contributed by atoms with Gasteiger partial charge in [-0.05, 0) is 20.3 Å². The number of rotatable bonds is 6. The minimum Gasteiger partial charge on any atom is -0.355 e. The van der Waals surface area contributed by atoms with E-state index in [1.165, 1.54) is 4.88 Å². The molecule has 0 aliphatic carbocycles. The van der Waals surface area contributed by atoms with Crippen molar-refractivity contribution in [1.82, 2.24) is 20.9 Å². The summed E-state index contributed by atoms with van der Waals surface area (Å²) in [5.41, 5.74) is 1.06. The summed E-state index contributed by atoms with van der Waals surface area (Å²) in [4.78, 5) is 21.2. The van der Waals surface area contributed by atoms with Gasteiger partial charge >= 0.3 is 0 Å². The number of amides is 1. The number of hydrogen-bond acceptors (Lipinski definition) is 4. The zero-order chi connectivity index (χ0) is 15.0. The van der Waals surface area contributed by atoms with Crippen molar-refractivity contribution in [1.29, 1.82) is 0 Å². The van der Waals surface area contributed by atoms with E-state index in [9.17, 15) is 4.79 Å². The Morgan fingerprint density at radius 3 is 2.52 bits per heavy atom. The van der Waals surface area contributed by atoms with Crippen LogP contribution in [0.5, 0.6) is 0 Å². The van der Waals surface area contributed by atoms with E-state index in [4.69, 9.17) is 0 Å². The number of guanidine groups is 1. The van der Waals surface area contributed by atoms with Crippen molar-refractivity contribution in [2.24, 2.45) is 4.99 Å². The summed E-state index contributed by atoms with van der Waals surface area (Å²) >= 11 is 1.67. The van der Waals surface area contributed by atoms with Crippen LogP contribution in [0.3, 0.4) is 0 Å². The lowest BCUT2D eigenvalue weighted by atomic mass is 10.4. The molecule has 0 atom stereocenters. The first kappa shape index (κ1) is 20.1. The molecule has 0 aliphatic rings. The first-order valence-corrected chi connectivity index (χ1v) is 7.52. The van der Waals surface area contributed by atoms with Crippen LogP contribution in [0.15, 0.2) is 4.99 Å². The second-order valence-electron chi connectivity index (χ2n) is 4.38. The van der Waals surface area contributed by atoms with Crippen LogP contribution in [-0.2, 0) is 11.3 Å². The molecule has 0 spiro atoms. The van der Waals surface area contributed by atoms with Gasteiger partial charge in [-0.2, -0.15) is 0 Å². The number of carbonyl (C=O) groups excluding carboxylic acids is 1. The number of aryl methyl sites for hydroxylation is 2. The van der Waals surface area contributed by atoms with Crippen LogP contribution in [-0.4, -0.2) is 37.0 Å². The molecule has 1 aromatic rings. The van der Waals surface area contributed by atoms with Gasteiger partial charge in [0.15, 0.2) is 5.96 Å². The number of aliphatic imine (C=N–C) groups is 1. The minimum atomic E-state index is -0.0317. The fourth-order valence-electron chi connectivity index (χ4n) is 1.49. The summed E-state index contributed by atoms with van der Waals surface area (Å²) in [5, 5.41) is 9.93. The van der Waals surface area contributed by atoms with Crippen LogP contribution in [0.2, 0.25) is 0 Å². The smallest absolute Gasteiger partial charge is 0.239 e. The van der Waals surface area contributed by atoms with E-state index in [1.807, 2.05) is 13.8 Å². The molecule has 0 bridgehead atoms. The summed E-state index contributed by atoms with van der Waals surface area (Å²) < 4.78 is 0. The molecular formula is C13H24IN5OS. The Kier molecular flexibility index (Phi) is 10.3. The lowest BCUT2D eigenvalue weighted by molar-refractivity contribution is -0.120. The molecule has 0 radical (unpaired) electrons. The molecule has 0 fully saturated rings. The first-order valence-electron chi connectivity index (χ1n) is 6.71. The molecule has 1 rings (SSSR count). The second kappa shape index (κ2) is 10.8. The molecule has 1 heterocycles. The van der Waals surface area contributed by atoms with Gasteiger partial charge in [0.2, 0.25) is 5.91 Å². The Labute approximate surface area is 147 Å². The minimum absolute atomic E-state index is 0. The largest absolute Gasteiger partial charge is 0.355 e. The first-order chi connectivity index (χ1) is 9.56. The Morgan fingerprint density at radius 1 is 1.29 bits per heavy atom. The van der Waals surface area contributed by atoms with E-state index in [2.05, 4.69) is 32.9 Å². The van der Waals surface area contributed by atoms with Gasteiger partial charge in [-0.3, -0.25) is 9.79 Å². The van der Waals surface area contributed by atoms with Crippen molar-refractivity contribution in [3.8, 4) is 0 Å². The van der Waals surface area contributed by atoms with E-state index < -0.39 is 0 Å². The molecule has 6 nitrogen and oxygen atoms in total. The van der Waals surface area contributed by atoms with Gasteiger partial charge in [0.25, 0.3) is 0 Å². The zero-order valence-electron chi connectivity index (χ0n) is 12.9. The summed E-state index contributed by atoms with van der Waals surface area (Å²) in [6, 6.07) is 0. The highest BCUT2D eigenvalue weighted by Crippen LogP contribution is 2.15. The predicted octanol–water partition coefficient (Wildman–Crippen LogP) is 1.57. The van der Waals surface area contributed by atoms with Crippen molar-refractivity contribution in [2.75, 3.05) is 20.1 Å². The molecule has 1 aromatic heterocycles. The summed E-state index contributed by atoms with van der Waals surface area (Å²) in [6.07, 6.45) is 0.932. The van der Waals surface area contributed by atoms with Gasteiger partial charge in [-0.25, -0.2) is 4.98 Å². The maximum absolute atomic E-state index is 11.5. The van der Waals surface area contributed by atoms with Crippen molar-refractivity contribution < 1.29 is 4.79 Å². The number of carbonyl (C=O) groups is 1. The van der Waals surface area contributed by atoms with Crippen LogP contribution in [0, 0.1) is 13.8 Å². The van der Waals surface area contributed by atoms with Crippen molar-refractivity contribution in [3.05, 3.63) is 15.6 Å². The van der Waals surface area contributed by atoms with Crippen LogP contribution >= 0.6 is 35.3 Å². The van der Waals surface area contributed by atoms with Gasteiger partial charge < -0.3 is 16.0 Å². The molecule has 0 aliphatic heterocycles. The molecule has 3 N–H and O–H groups in total. The zero-order valence-corrected chi connectivity index (χ0v) is 16.1. The van der Waals surface area contributed by atoms with Crippen LogP contribution in [0.25, 0.3) is 0 Å². The third-order valence-corrected chi connectivity index (χ3v) is 3.76. The van der Waals surface area contributed by atoms with E-state index in [1.54, 1.807) is 18.4 Å². The van der Waals surface area contributed by atoms with E-state index in [0.717, 1.165) is 17.1 Å². The number of hydrogen-bond donors (Lipinski definition) is 3. The summed E-state index contributed by atoms with van der Waals surface area (Å²) in [5.74, 6) is 0.567. The van der Waals surface area contributed by atoms with Gasteiger partial charge in [0.1, 0.15) is 5.01 Å². The molecule has 1 amide bonds.